The molecule has 2 aromatic rings. The van der Waals surface area contributed by atoms with Crippen LogP contribution in [0.4, 0.5) is 0 Å². The third kappa shape index (κ3) is 3.70. The van der Waals surface area contributed by atoms with E-state index in [9.17, 15) is 15.0 Å². The molecule has 31 heavy (non-hydrogen) atoms. The SMILES string of the molecule is CCCCCCCCCOC(=O)C1CC2(O)c3ccccc3C1(O)c1ccc(C)cc12. The first-order chi connectivity index (χ1) is 14.9. The molecule has 4 nitrogen and oxygen atoms in total. The summed E-state index contributed by atoms with van der Waals surface area (Å²) >= 11 is 0. The molecule has 4 heteroatoms. The van der Waals surface area contributed by atoms with Gasteiger partial charge >= 0.3 is 5.97 Å². The molecular weight excluding hydrogens is 388 g/mol. The van der Waals surface area contributed by atoms with Gasteiger partial charge in [-0.05, 0) is 35.6 Å². The van der Waals surface area contributed by atoms with Crippen molar-refractivity contribution in [3.63, 3.8) is 0 Å². The summed E-state index contributed by atoms with van der Waals surface area (Å²) in [4.78, 5) is 13.1. The Morgan fingerprint density at radius 3 is 2.32 bits per heavy atom. The van der Waals surface area contributed by atoms with Crippen LogP contribution >= 0.6 is 0 Å². The van der Waals surface area contributed by atoms with Crippen molar-refractivity contribution in [2.24, 2.45) is 5.92 Å². The van der Waals surface area contributed by atoms with Gasteiger partial charge in [-0.3, -0.25) is 4.79 Å². The molecule has 5 rings (SSSR count). The summed E-state index contributed by atoms with van der Waals surface area (Å²) in [6, 6.07) is 13.1. The van der Waals surface area contributed by atoms with Crippen LogP contribution in [0, 0.1) is 12.8 Å². The molecule has 2 aromatic carbocycles. The van der Waals surface area contributed by atoms with Crippen molar-refractivity contribution in [3.05, 3.63) is 70.3 Å². The Hall–Kier alpha value is -2.17. The van der Waals surface area contributed by atoms with Gasteiger partial charge in [0.1, 0.15) is 11.2 Å². The number of hydrogen-bond acceptors (Lipinski definition) is 4. The van der Waals surface area contributed by atoms with E-state index in [-0.39, 0.29) is 6.42 Å². The maximum absolute atomic E-state index is 13.1. The first-order valence-electron chi connectivity index (χ1n) is 11.8. The van der Waals surface area contributed by atoms with E-state index in [1.807, 2.05) is 49.4 Å². The average Bonchev–Trinajstić information content (AvgIpc) is 2.77. The second-order valence-corrected chi connectivity index (χ2v) is 9.27. The Labute approximate surface area is 185 Å². The Balaban J connectivity index is 1.52. The second kappa shape index (κ2) is 8.76. The van der Waals surface area contributed by atoms with E-state index >= 15 is 0 Å². The third-order valence-corrected chi connectivity index (χ3v) is 7.10. The molecule has 3 aliphatic carbocycles. The topological polar surface area (TPSA) is 66.8 Å². The average molecular weight is 423 g/mol. The lowest BCUT2D eigenvalue weighted by Gasteiger charge is -2.53. The largest absolute Gasteiger partial charge is 0.465 e. The van der Waals surface area contributed by atoms with Crippen LogP contribution in [0.5, 0.6) is 0 Å². The van der Waals surface area contributed by atoms with Crippen molar-refractivity contribution in [3.8, 4) is 0 Å². The van der Waals surface area contributed by atoms with Crippen molar-refractivity contribution < 1.29 is 19.7 Å². The Bertz CT molecular complexity index is 952. The van der Waals surface area contributed by atoms with Gasteiger partial charge in [-0.2, -0.15) is 0 Å². The molecule has 0 heterocycles. The number of esters is 1. The zero-order chi connectivity index (χ0) is 22.1. The van der Waals surface area contributed by atoms with E-state index in [0.29, 0.717) is 28.9 Å². The predicted molar refractivity (Wildman–Crippen MR) is 121 cm³/mol. The number of hydrogen-bond donors (Lipinski definition) is 2. The molecule has 0 fully saturated rings. The molecule has 3 unspecified atom stereocenters. The van der Waals surface area contributed by atoms with Crippen molar-refractivity contribution in [2.45, 2.75) is 76.4 Å². The number of benzene rings is 2. The van der Waals surface area contributed by atoms with Gasteiger partial charge in [-0.15, -0.1) is 0 Å². The molecule has 3 atom stereocenters. The molecule has 0 saturated heterocycles. The molecule has 166 valence electrons. The lowest BCUT2D eigenvalue weighted by Crippen LogP contribution is -2.57. The van der Waals surface area contributed by atoms with E-state index in [1.54, 1.807) is 0 Å². The second-order valence-electron chi connectivity index (χ2n) is 9.27. The Morgan fingerprint density at radius 1 is 0.935 bits per heavy atom. The minimum atomic E-state index is -1.48. The van der Waals surface area contributed by atoms with E-state index < -0.39 is 23.1 Å². The van der Waals surface area contributed by atoms with Crippen LogP contribution in [0.25, 0.3) is 0 Å². The summed E-state index contributed by atoms with van der Waals surface area (Å²) in [5.41, 5.74) is 0.837. The number of aliphatic hydroxyl groups is 2. The molecule has 2 N–H and O–H groups in total. The molecule has 0 aromatic heterocycles. The molecule has 0 saturated carbocycles. The molecule has 3 aliphatic rings. The zero-order valence-electron chi connectivity index (χ0n) is 18.7. The fourth-order valence-electron chi connectivity index (χ4n) is 5.42. The van der Waals surface area contributed by atoms with E-state index in [4.69, 9.17) is 4.74 Å². The molecule has 0 radical (unpaired) electrons. The highest BCUT2D eigenvalue weighted by Gasteiger charge is 2.62. The summed E-state index contributed by atoms with van der Waals surface area (Å²) in [6.07, 6.45) is 8.17. The van der Waals surface area contributed by atoms with Gasteiger partial charge < -0.3 is 14.9 Å². The number of unbranched alkanes of at least 4 members (excludes halogenated alkanes) is 6. The van der Waals surface area contributed by atoms with Crippen LogP contribution < -0.4 is 0 Å². The van der Waals surface area contributed by atoms with E-state index in [1.165, 1.54) is 25.7 Å². The van der Waals surface area contributed by atoms with E-state index in [2.05, 4.69) is 6.92 Å². The lowest BCUT2D eigenvalue weighted by molar-refractivity contribution is -0.167. The highest BCUT2D eigenvalue weighted by atomic mass is 16.5. The first kappa shape index (κ1) is 22.0. The van der Waals surface area contributed by atoms with Gasteiger partial charge in [0.05, 0.1) is 12.5 Å². The van der Waals surface area contributed by atoms with Crippen LogP contribution in [0.2, 0.25) is 0 Å². The highest BCUT2D eigenvalue weighted by molar-refractivity contribution is 5.79. The number of rotatable bonds is 9. The zero-order valence-corrected chi connectivity index (χ0v) is 18.7. The summed E-state index contributed by atoms with van der Waals surface area (Å²) in [6.45, 7) is 4.54. The fraction of sp³-hybridized carbons (Fsp3) is 0.519. The Kier molecular flexibility index (Phi) is 6.23. The molecule has 0 spiro atoms. The van der Waals surface area contributed by atoms with Gasteiger partial charge in [0.15, 0.2) is 0 Å². The van der Waals surface area contributed by atoms with Crippen LogP contribution in [0.15, 0.2) is 42.5 Å². The van der Waals surface area contributed by atoms with Gasteiger partial charge in [0, 0.05) is 6.42 Å². The minimum absolute atomic E-state index is 0.132. The molecule has 2 bridgehead atoms. The number of ether oxygens (including phenoxy) is 1. The van der Waals surface area contributed by atoms with Gasteiger partial charge in [-0.25, -0.2) is 0 Å². The number of carbonyl (C=O) groups excluding carboxylic acids is 1. The quantitative estimate of drug-likeness (QED) is 0.436. The summed E-state index contributed by atoms with van der Waals surface area (Å²) in [5, 5.41) is 23.7. The molecule has 0 aliphatic heterocycles. The van der Waals surface area contributed by atoms with Crippen LogP contribution in [0.3, 0.4) is 0 Å². The Morgan fingerprint density at radius 2 is 1.58 bits per heavy atom. The highest BCUT2D eigenvalue weighted by Crippen LogP contribution is 2.59. The van der Waals surface area contributed by atoms with Gasteiger partial charge in [0.2, 0.25) is 0 Å². The van der Waals surface area contributed by atoms with Crippen LogP contribution in [0.1, 0.15) is 86.1 Å². The summed E-state index contributed by atoms with van der Waals surface area (Å²) < 4.78 is 5.62. The monoisotopic (exact) mass is 422 g/mol. The third-order valence-electron chi connectivity index (χ3n) is 7.10. The van der Waals surface area contributed by atoms with Crippen molar-refractivity contribution >= 4 is 5.97 Å². The fourth-order valence-corrected chi connectivity index (χ4v) is 5.42. The normalized spacial score (nSPS) is 25.7. The number of aryl methyl sites for hydroxylation is 1. The van der Waals surface area contributed by atoms with Crippen molar-refractivity contribution in [2.75, 3.05) is 6.61 Å². The van der Waals surface area contributed by atoms with Crippen molar-refractivity contribution in [1.82, 2.24) is 0 Å². The smallest absolute Gasteiger partial charge is 0.312 e. The van der Waals surface area contributed by atoms with Crippen LogP contribution in [-0.2, 0) is 20.7 Å². The van der Waals surface area contributed by atoms with Crippen LogP contribution in [-0.4, -0.2) is 22.8 Å². The standard InChI is InChI=1S/C27H34O4/c1-3-4-5-6-7-8-11-16-31-25(28)24-18-26(29)20-12-9-10-13-21(20)27(24,30)22-15-14-19(2)17-23(22)26/h9-10,12-15,17,24,29-30H,3-8,11,16,18H2,1-2H3. The maximum Gasteiger partial charge on any atom is 0.312 e. The number of fused-ring (bicyclic) bond motifs is 1. The first-order valence-corrected chi connectivity index (χ1v) is 11.8. The summed E-state index contributed by atoms with van der Waals surface area (Å²) in [7, 11) is 0. The maximum atomic E-state index is 13.1. The van der Waals surface area contributed by atoms with Gasteiger partial charge in [0.25, 0.3) is 0 Å². The lowest BCUT2D eigenvalue weighted by atomic mass is 9.54. The van der Waals surface area contributed by atoms with E-state index in [0.717, 1.165) is 24.8 Å². The number of carbonyl (C=O) groups is 1. The molecule has 0 amide bonds. The summed E-state index contributed by atoms with van der Waals surface area (Å²) in [5.74, 6) is -1.25. The minimum Gasteiger partial charge on any atom is -0.465 e. The molecular formula is C27H34O4. The predicted octanol–water partition coefficient (Wildman–Crippen LogP) is 5.09. The van der Waals surface area contributed by atoms with Gasteiger partial charge in [-0.1, -0.05) is 93.5 Å². The van der Waals surface area contributed by atoms with Crippen molar-refractivity contribution in [1.29, 1.82) is 0 Å².